The van der Waals surface area contributed by atoms with E-state index in [1.54, 1.807) is 42.7 Å². The topological polar surface area (TPSA) is 65.1 Å². The van der Waals surface area contributed by atoms with Crippen molar-refractivity contribution in [3.8, 4) is 0 Å². The molecule has 1 aromatic heterocycles. The molecule has 0 fully saturated rings. The van der Waals surface area contributed by atoms with Gasteiger partial charge in [-0.2, -0.15) is 0 Å². The minimum absolute atomic E-state index is 0.0692. The van der Waals surface area contributed by atoms with Crippen LogP contribution in [0.5, 0.6) is 0 Å². The third-order valence-electron chi connectivity index (χ3n) is 2.73. The van der Waals surface area contributed by atoms with E-state index in [-0.39, 0.29) is 5.82 Å². The zero-order chi connectivity index (χ0) is 16.1. The van der Waals surface area contributed by atoms with Crippen molar-refractivity contribution in [2.75, 3.05) is 5.75 Å². The molecule has 0 N–H and O–H groups in total. The Labute approximate surface area is 136 Å². The van der Waals surface area contributed by atoms with Crippen LogP contribution in [0.1, 0.15) is 23.1 Å². The second kappa shape index (κ2) is 7.29. The standard InChI is InChI=1S/C15H13ClN2O3S/c1-3-8-22-9-10(2)18-14(17-21-15(18)20)13(19)11-4-6-12(16)7-5-11/h3-7,9H,1,8H2,2H3/b10-9-. The van der Waals surface area contributed by atoms with Crippen molar-refractivity contribution in [3.63, 3.8) is 0 Å². The molecule has 0 aliphatic heterocycles. The molecule has 0 spiro atoms. The van der Waals surface area contributed by atoms with E-state index in [0.29, 0.717) is 22.0 Å². The van der Waals surface area contributed by atoms with Crippen LogP contribution in [0.4, 0.5) is 0 Å². The fourth-order valence-electron chi connectivity index (χ4n) is 1.72. The number of thioether (sulfide) groups is 1. The Hall–Kier alpha value is -2.05. The zero-order valence-corrected chi connectivity index (χ0v) is 13.4. The number of benzene rings is 1. The minimum Gasteiger partial charge on any atom is -0.295 e. The molecule has 2 rings (SSSR count). The molecule has 1 heterocycles. The highest BCUT2D eigenvalue weighted by Crippen LogP contribution is 2.16. The van der Waals surface area contributed by atoms with Crippen LogP contribution in [0.2, 0.25) is 5.02 Å². The van der Waals surface area contributed by atoms with Crippen LogP contribution in [-0.2, 0) is 0 Å². The number of hydrogen-bond acceptors (Lipinski definition) is 5. The Morgan fingerprint density at radius 1 is 1.45 bits per heavy atom. The Morgan fingerprint density at radius 3 is 2.77 bits per heavy atom. The van der Waals surface area contributed by atoms with E-state index in [0.717, 1.165) is 4.57 Å². The van der Waals surface area contributed by atoms with Crippen LogP contribution in [0.25, 0.3) is 5.70 Å². The number of rotatable bonds is 6. The van der Waals surface area contributed by atoms with Crippen molar-refractivity contribution in [1.82, 2.24) is 9.72 Å². The average Bonchev–Trinajstić information content (AvgIpc) is 2.89. The number of allylic oxidation sites excluding steroid dienone is 1. The lowest BCUT2D eigenvalue weighted by atomic mass is 10.1. The van der Waals surface area contributed by atoms with Gasteiger partial charge in [-0.15, -0.1) is 18.3 Å². The lowest BCUT2D eigenvalue weighted by Gasteiger charge is -2.04. The highest BCUT2D eigenvalue weighted by atomic mass is 35.5. The van der Waals surface area contributed by atoms with Gasteiger partial charge in [0.15, 0.2) is 0 Å². The number of carbonyl (C=O) groups excluding carboxylic acids is 1. The fraction of sp³-hybridized carbons (Fsp3) is 0.133. The summed E-state index contributed by atoms with van der Waals surface area (Å²) in [6, 6.07) is 6.33. The second-order valence-electron chi connectivity index (χ2n) is 4.32. The molecule has 0 radical (unpaired) electrons. The summed E-state index contributed by atoms with van der Waals surface area (Å²) in [7, 11) is 0. The van der Waals surface area contributed by atoms with Gasteiger partial charge in [-0.3, -0.25) is 9.32 Å². The third-order valence-corrected chi connectivity index (χ3v) is 3.92. The van der Waals surface area contributed by atoms with Crippen LogP contribution in [0.3, 0.4) is 0 Å². The first-order valence-electron chi connectivity index (χ1n) is 6.33. The highest BCUT2D eigenvalue weighted by Gasteiger charge is 2.21. The molecule has 0 atom stereocenters. The van der Waals surface area contributed by atoms with Gasteiger partial charge >= 0.3 is 5.76 Å². The molecule has 5 nitrogen and oxygen atoms in total. The van der Waals surface area contributed by atoms with Gasteiger partial charge in [-0.1, -0.05) is 22.8 Å². The fourth-order valence-corrected chi connectivity index (χ4v) is 2.43. The SMILES string of the molecule is C=CCS/C=C(/C)n1c(C(=O)c2ccc(Cl)cc2)noc1=O. The van der Waals surface area contributed by atoms with Gasteiger partial charge < -0.3 is 0 Å². The van der Waals surface area contributed by atoms with Gasteiger partial charge in [-0.25, -0.2) is 9.36 Å². The monoisotopic (exact) mass is 336 g/mol. The predicted octanol–water partition coefficient (Wildman–Crippen LogP) is 3.46. The third kappa shape index (κ3) is 3.58. The van der Waals surface area contributed by atoms with E-state index < -0.39 is 11.5 Å². The normalized spacial score (nSPS) is 11.5. The molecule has 0 amide bonds. The first-order chi connectivity index (χ1) is 10.5. The van der Waals surface area contributed by atoms with Gasteiger partial charge in [0.25, 0.3) is 0 Å². The predicted molar refractivity (Wildman–Crippen MR) is 88.2 cm³/mol. The molecule has 0 saturated carbocycles. The van der Waals surface area contributed by atoms with E-state index in [1.165, 1.54) is 11.8 Å². The largest absolute Gasteiger partial charge is 0.446 e. The molecule has 0 aliphatic carbocycles. The molecular weight excluding hydrogens is 324 g/mol. The van der Waals surface area contributed by atoms with Crippen molar-refractivity contribution in [2.24, 2.45) is 0 Å². The Balaban J connectivity index is 2.38. The van der Waals surface area contributed by atoms with Gasteiger partial charge in [0.2, 0.25) is 11.6 Å². The summed E-state index contributed by atoms with van der Waals surface area (Å²) < 4.78 is 5.78. The number of aromatic nitrogens is 2. The molecule has 0 aliphatic rings. The van der Waals surface area contributed by atoms with Crippen LogP contribution in [0, 0.1) is 0 Å². The van der Waals surface area contributed by atoms with Crippen molar-refractivity contribution in [3.05, 3.63) is 69.3 Å². The number of hydrogen-bond donors (Lipinski definition) is 0. The first kappa shape index (κ1) is 16.3. The molecule has 22 heavy (non-hydrogen) atoms. The maximum atomic E-state index is 12.5. The lowest BCUT2D eigenvalue weighted by molar-refractivity contribution is 0.102. The van der Waals surface area contributed by atoms with Crippen molar-refractivity contribution >= 4 is 34.8 Å². The second-order valence-corrected chi connectivity index (χ2v) is 5.66. The number of ketones is 1. The average molecular weight is 337 g/mol. The van der Waals surface area contributed by atoms with Crippen molar-refractivity contribution in [2.45, 2.75) is 6.92 Å². The molecular formula is C15H13ClN2O3S. The Kier molecular flexibility index (Phi) is 5.41. The van der Waals surface area contributed by atoms with Crippen LogP contribution < -0.4 is 5.76 Å². The summed E-state index contributed by atoms with van der Waals surface area (Å²) in [4.78, 5) is 24.2. The number of carbonyl (C=O) groups is 1. The smallest absolute Gasteiger partial charge is 0.295 e. The maximum absolute atomic E-state index is 12.5. The van der Waals surface area contributed by atoms with Crippen molar-refractivity contribution in [1.29, 1.82) is 0 Å². The maximum Gasteiger partial charge on any atom is 0.446 e. The van der Waals surface area contributed by atoms with Crippen LogP contribution in [-0.4, -0.2) is 21.3 Å². The summed E-state index contributed by atoms with van der Waals surface area (Å²) in [6.45, 7) is 5.32. The van der Waals surface area contributed by atoms with Crippen LogP contribution in [0.15, 0.2) is 51.6 Å². The van der Waals surface area contributed by atoms with Gasteiger partial charge in [0, 0.05) is 22.0 Å². The molecule has 0 saturated heterocycles. The van der Waals surface area contributed by atoms with E-state index in [1.807, 2.05) is 0 Å². The van der Waals surface area contributed by atoms with Gasteiger partial charge in [-0.05, 0) is 36.6 Å². The van der Waals surface area contributed by atoms with E-state index in [9.17, 15) is 9.59 Å². The molecule has 7 heteroatoms. The Morgan fingerprint density at radius 2 is 2.14 bits per heavy atom. The van der Waals surface area contributed by atoms with Crippen molar-refractivity contribution < 1.29 is 9.32 Å². The summed E-state index contributed by atoms with van der Waals surface area (Å²) in [6.07, 6.45) is 1.74. The first-order valence-corrected chi connectivity index (χ1v) is 7.76. The van der Waals surface area contributed by atoms with Crippen LogP contribution >= 0.6 is 23.4 Å². The van der Waals surface area contributed by atoms with Gasteiger partial charge in [0.05, 0.1) is 0 Å². The quantitative estimate of drug-likeness (QED) is 0.459. The van der Waals surface area contributed by atoms with E-state index >= 15 is 0 Å². The molecule has 0 bridgehead atoms. The summed E-state index contributed by atoms with van der Waals surface area (Å²) >= 11 is 7.25. The molecule has 2 aromatic rings. The summed E-state index contributed by atoms with van der Waals surface area (Å²) in [5.74, 6) is -0.493. The van der Waals surface area contributed by atoms with E-state index in [2.05, 4.69) is 16.3 Å². The summed E-state index contributed by atoms with van der Waals surface area (Å²) in [5, 5.41) is 5.85. The lowest BCUT2D eigenvalue weighted by Crippen LogP contribution is -2.18. The Bertz CT molecular complexity index is 775. The molecule has 0 unspecified atom stereocenters. The zero-order valence-electron chi connectivity index (χ0n) is 11.8. The molecule has 114 valence electrons. The molecule has 1 aromatic carbocycles. The summed E-state index contributed by atoms with van der Waals surface area (Å²) in [5.41, 5.74) is 0.924. The number of nitrogens with zero attached hydrogens (tertiary/aromatic N) is 2. The van der Waals surface area contributed by atoms with Gasteiger partial charge in [0.1, 0.15) is 0 Å². The number of halogens is 1. The van der Waals surface area contributed by atoms with E-state index in [4.69, 9.17) is 11.6 Å². The minimum atomic E-state index is -0.703. The highest BCUT2D eigenvalue weighted by molar-refractivity contribution is 8.02.